The van der Waals surface area contributed by atoms with Crippen LogP contribution in [-0.4, -0.2) is 36.7 Å². The minimum absolute atomic E-state index is 0.129. The van der Waals surface area contributed by atoms with Crippen LogP contribution in [0.4, 0.5) is 13.2 Å². The molecule has 4 aromatic rings. The number of halogens is 3. The molecule has 0 bridgehead atoms. The predicted octanol–water partition coefficient (Wildman–Crippen LogP) is 3.59. The predicted molar refractivity (Wildman–Crippen MR) is 108 cm³/mol. The summed E-state index contributed by atoms with van der Waals surface area (Å²) in [7, 11) is 3.50. The van der Waals surface area contributed by atoms with E-state index in [1.165, 1.54) is 4.68 Å². The summed E-state index contributed by atoms with van der Waals surface area (Å²) in [6.45, 7) is 0.693. The molecule has 0 atom stereocenters. The molecular formula is C22H18F3N5O. The molecule has 0 radical (unpaired) electrons. The summed E-state index contributed by atoms with van der Waals surface area (Å²) < 4.78 is 44.3. The fourth-order valence-corrected chi connectivity index (χ4v) is 4.30. The summed E-state index contributed by atoms with van der Waals surface area (Å²) in [4.78, 5) is 19.3. The lowest BCUT2D eigenvalue weighted by Gasteiger charge is -2.26. The minimum Gasteiger partial charge on any atom is -0.335 e. The van der Waals surface area contributed by atoms with E-state index in [1.54, 1.807) is 30.4 Å². The highest BCUT2D eigenvalue weighted by Crippen LogP contribution is 2.32. The number of aryl methyl sites for hydroxylation is 2. The first-order chi connectivity index (χ1) is 14.8. The Morgan fingerprint density at radius 3 is 2.61 bits per heavy atom. The van der Waals surface area contributed by atoms with Crippen LogP contribution in [0, 0.1) is 17.5 Å². The van der Waals surface area contributed by atoms with Crippen molar-refractivity contribution in [2.75, 3.05) is 6.54 Å². The number of nitrogens with zero attached hydrogens (tertiary/aromatic N) is 5. The van der Waals surface area contributed by atoms with Gasteiger partial charge in [-0.25, -0.2) is 18.2 Å². The van der Waals surface area contributed by atoms with Crippen LogP contribution in [-0.2, 0) is 27.1 Å². The first-order valence-corrected chi connectivity index (χ1v) is 9.74. The fraction of sp³-hybridized carbons (Fsp3) is 0.227. The van der Waals surface area contributed by atoms with Gasteiger partial charge in [0, 0.05) is 49.5 Å². The molecule has 0 fully saturated rings. The number of benzene rings is 1. The Morgan fingerprint density at radius 2 is 1.87 bits per heavy atom. The Kier molecular flexibility index (Phi) is 4.35. The van der Waals surface area contributed by atoms with E-state index in [0.29, 0.717) is 29.9 Å². The van der Waals surface area contributed by atoms with Gasteiger partial charge in [0.1, 0.15) is 5.65 Å². The highest BCUT2D eigenvalue weighted by molar-refractivity contribution is 6.06. The largest absolute Gasteiger partial charge is 0.335 e. The molecule has 31 heavy (non-hydrogen) atoms. The van der Waals surface area contributed by atoms with Gasteiger partial charge in [0.05, 0.1) is 23.5 Å². The lowest BCUT2D eigenvalue weighted by Crippen LogP contribution is -2.35. The monoisotopic (exact) mass is 425 g/mol. The van der Waals surface area contributed by atoms with E-state index < -0.39 is 17.5 Å². The summed E-state index contributed by atoms with van der Waals surface area (Å²) in [5.74, 6) is -4.12. The smallest absolute Gasteiger partial charge is 0.256 e. The maximum Gasteiger partial charge on any atom is 0.256 e. The molecule has 4 heterocycles. The van der Waals surface area contributed by atoms with Gasteiger partial charge in [-0.3, -0.25) is 9.48 Å². The van der Waals surface area contributed by atoms with Crippen molar-refractivity contribution >= 4 is 16.9 Å². The lowest BCUT2D eigenvalue weighted by atomic mass is 9.99. The standard InChI is InChI=1S/C22H18F3N5O/c1-28-10-15(13-4-3-6-26-21(13)28)22(31)30-7-5-14-18(11-30)27-29(2)20(14)12-8-16(23)19(25)17(24)9-12/h3-4,6,8-10H,5,7,11H2,1-2H3. The SMILES string of the molecule is Cn1nc2c(c1-c1cc(F)c(F)c(F)c1)CCN(C(=O)c1cn(C)c3ncccc13)C2. The quantitative estimate of drug-likeness (QED) is 0.462. The first-order valence-electron chi connectivity index (χ1n) is 9.74. The average Bonchev–Trinajstić information content (AvgIpc) is 3.27. The molecule has 158 valence electrons. The highest BCUT2D eigenvalue weighted by atomic mass is 19.2. The van der Waals surface area contributed by atoms with Gasteiger partial charge in [-0.15, -0.1) is 0 Å². The molecule has 3 aromatic heterocycles. The Labute approximate surface area is 175 Å². The number of carbonyl (C=O) groups excluding carboxylic acids is 1. The van der Waals surface area contributed by atoms with Gasteiger partial charge in [-0.1, -0.05) is 0 Å². The van der Waals surface area contributed by atoms with E-state index in [9.17, 15) is 18.0 Å². The topological polar surface area (TPSA) is 56.0 Å². The normalized spacial score (nSPS) is 13.6. The van der Waals surface area contributed by atoms with Crippen LogP contribution in [0.25, 0.3) is 22.3 Å². The molecule has 0 spiro atoms. The maximum atomic E-state index is 13.8. The first kappa shape index (κ1) is 19.3. The second-order valence-electron chi connectivity index (χ2n) is 7.66. The van der Waals surface area contributed by atoms with Gasteiger partial charge >= 0.3 is 0 Å². The van der Waals surface area contributed by atoms with Crippen molar-refractivity contribution in [3.05, 3.63) is 70.9 Å². The van der Waals surface area contributed by atoms with Crippen molar-refractivity contribution in [1.82, 2.24) is 24.2 Å². The van der Waals surface area contributed by atoms with E-state index in [1.807, 2.05) is 17.7 Å². The van der Waals surface area contributed by atoms with E-state index in [-0.39, 0.29) is 18.0 Å². The summed E-state index contributed by atoms with van der Waals surface area (Å²) in [6, 6.07) is 5.59. The highest BCUT2D eigenvalue weighted by Gasteiger charge is 2.29. The van der Waals surface area contributed by atoms with E-state index >= 15 is 0 Å². The van der Waals surface area contributed by atoms with Gasteiger partial charge in [-0.05, 0) is 30.7 Å². The third-order valence-corrected chi connectivity index (χ3v) is 5.71. The molecule has 1 aromatic carbocycles. The van der Waals surface area contributed by atoms with Crippen molar-refractivity contribution in [2.24, 2.45) is 14.1 Å². The van der Waals surface area contributed by atoms with Crippen molar-refractivity contribution < 1.29 is 18.0 Å². The van der Waals surface area contributed by atoms with Gasteiger partial charge in [0.15, 0.2) is 17.5 Å². The number of aromatic nitrogens is 4. The summed E-state index contributed by atoms with van der Waals surface area (Å²) in [5, 5.41) is 5.25. The molecule has 0 aliphatic carbocycles. The number of pyridine rings is 1. The molecule has 0 saturated carbocycles. The van der Waals surface area contributed by atoms with Crippen LogP contribution in [0.1, 0.15) is 21.6 Å². The fourth-order valence-electron chi connectivity index (χ4n) is 4.30. The summed E-state index contributed by atoms with van der Waals surface area (Å²) >= 11 is 0. The van der Waals surface area contributed by atoms with E-state index in [0.717, 1.165) is 28.7 Å². The Hall–Kier alpha value is -3.62. The number of fused-ring (bicyclic) bond motifs is 2. The molecule has 1 amide bonds. The molecule has 9 heteroatoms. The molecule has 0 unspecified atom stereocenters. The van der Waals surface area contributed by atoms with Gasteiger partial charge in [-0.2, -0.15) is 5.10 Å². The third kappa shape index (κ3) is 2.99. The summed E-state index contributed by atoms with van der Waals surface area (Å²) in [6.07, 6.45) is 3.91. The van der Waals surface area contributed by atoms with Crippen LogP contribution < -0.4 is 0 Å². The number of rotatable bonds is 2. The Balaban J connectivity index is 1.49. The van der Waals surface area contributed by atoms with Gasteiger partial charge < -0.3 is 9.47 Å². The van der Waals surface area contributed by atoms with Crippen molar-refractivity contribution in [2.45, 2.75) is 13.0 Å². The third-order valence-electron chi connectivity index (χ3n) is 5.71. The number of amides is 1. The van der Waals surface area contributed by atoms with Crippen molar-refractivity contribution in [3.63, 3.8) is 0 Å². The lowest BCUT2D eigenvalue weighted by molar-refractivity contribution is 0.0734. The Bertz CT molecular complexity index is 1330. The van der Waals surface area contributed by atoms with Crippen molar-refractivity contribution in [1.29, 1.82) is 0 Å². The zero-order valence-electron chi connectivity index (χ0n) is 16.9. The van der Waals surface area contributed by atoms with Gasteiger partial charge in [0.2, 0.25) is 0 Å². The zero-order chi connectivity index (χ0) is 21.9. The zero-order valence-corrected chi connectivity index (χ0v) is 16.9. The van der Waals surface area contributed by atoms with Crippen LogP contribution in [0.5, 0.6) is 0 Å². The molecule has 1 aliphatic rings. The van der Waals surface area contributed by atoms with Crippen LogP contribution in [0.2, 0.25) is 0 Å². The second kappa shape index (κ2) is 6.97. The average molecular weight is 425 g/mol. The summed E-state index contributed by atoms with van der Waals surface area (Å²) in [5.41, 5.74) is 3.48. The van der Waals surface area contributed by atoms with Crippen LogP contribution in [0.3, 0.4) is 0 Å². The Morgan fingerprint density at radius 1 is 1.13 bits per heavy atom. The molecule has 6 nitrogen and oxygen atoms in total. The van der Waals surface area contributed by atoms with Crippen molar-refractivity contribution in [3.8, 4) is 11.3 Å². The number of carbonyl (C=O) groups is 1. The van der Waals surface area contributed by atoms with Crippen LogP contribution >= 0.6 is 0 Å². The molecular weight excluding hydrogens is 407 g/mol. The molecule has 0 N–H and O–H groups in total. The minimum atomic E-state index is -1.50. The number of hydrogen-bond donors (Lipinski definition) is 0. The van der Waals surface area contributed by atoms with Crippen LogP contribution in [0.15, 0.2) is 36.7 Å². The molecule has 1 aliphatic heterocycles. The second-order valence-corrected chi connectivity index (χ2v) is 7.66. The molecule has 5 rings (SSSR count). The maximum absolute atomic E-state index is 13.8. The number of hydrogen-bond acceptors (Lipinski definition) is 3. The van der Waals surface area contributed by atoms with E-state index in [4.69, 9.17) is 0 Å². The van der Waals surface area contributed by atoms with Gasteiger partial charge in [0.25, 0.3) is 5.91 Å². The molecule has 0 saturated heterocycles. The van der Waals surface area contributed by atoms with E-state index in [2.05, 4.69) is 10.1 Å².